The molecule has 2 fully saturated rings. The van der Waals surface area contributed by atoms with Gasteiger partial charge in [-0.1, -0.05) is 43.2 Å². The summed E-state index contributed by atoms with van der Waals surface area (Å²) in [5, 5.41) is 0. The van der Waals surface area contributed by atoms with Gasteiger partial charge in [0.25, 0.3) is 0 Å². The Bertz CT molecular complexity index is 468. The number of piperidine rings is 1. The van der Waals surface area contributed by atoms with Gasteiger partial charge in [-0.3, -0.25) is 4.79 Å². The van der Waals surface area contributed by atoms with Gasteiger partial charge in [-0.15, -0.1) is 0 Å². The third-order valence-electron chi connectivity index (χ3n) is 5.00. The lowest BCUT2D eigenvalue weighted by Crippen LogP contribution is -2.43. The standard InChI is InChI=1S/C19H27NO2/c21-19(18-10-4-5-11-18)20-12-6-9-17(13-20)15-22-14-16-7-2-1-3-8-16/h1-3,7-8,17-18H,4-6,9-15H2. The minimum absolute atomic E-state index is 0.309. The Kier molecular flexibility index (Phi) is 5.49. The van der Waals surface area contributed by atoms with E-state index in [0.717, 1.165) is 39.0 Å². The number of hydrogen-bond donors (Lipinski definition) is 0. The molecule has 1 unspecified atom stereocenters. The van der Waals surface area contributed by atoms with Crippen molar-refractivity contribution in [2.45, 2.75) is 45.1 Å². The van der Waals surface area contributed by atoms with Gasteiger partial charge in [0.15, 0.2) is 0 Å². The molecular formula is C19H27NO2. The molecule has 1 heterocycles. The molecule has 22 heavy (non-hydrogen) atoms. The molecule has 1 aliphatic heterocycles. The van der Waals surface area contributed by atoms with Crippen LogP contribution in [-0.2, 0) is 16.1 Å². The molecule has 1 aromatic rings. The van der Waals surface area contributed by atoms with Gasteiger partial charge in [-0.25, -0.2) is 0 Å². The lowest BCUT2D eigenvalue weighted by Gasteiger charge is -2.34. The number of rotatable bonds is 5. The quantitative estimate of drug-likeness (QED) is 0.831. The third-order valence-corrected chi connectivity index (χ3v) is 5.00. The fourth-order valence-electron chi connectivity index (χ4n) is 3.75. The van der Waals surface area contributed by atoms with Crippen molar-refractivity contribution >= 4 is 5.91 Å². The monoisotopic (exact) mass is 301 g/mol. The molecule has 1 amide bonds. The second kappa shape index (κ2) is 7.77. The van der Waals surface area contributed by atoms with Gasteiger partial charge >= 0.3 is 0 Å². The Balaban J connectivity index is 1.43. The molecule has 0 bridgehead atoms. The van der Waals surface area contributed by atoms with Crippen LogP contribution in [0.2, 0.25) is 0 Å². The summed E-state index contributed by atoms with van der Waals surface area (Å²) in [6.45, 7) is 3.28. The van der Waals surface area contributed by atoms with Crippen molar-refractivity contribution in [1.29, 1.82) is 0 Å². The van der Waals surface area contributed by atoms with E-state index in [4.69, 9.17) is 4.74 Å². The van der Waals surface area contributed by atoms with E-state index in [1.807, 2.05) is 18.2 Å². The van der Waals surface area contributed by atoms with Crippen LogP contribution in [0.3, 0.4) is 0 Å². The highest BCUT2D eigenvalue weighted by atomic mass is 16.5. The third kappa shape index (κ3) is 4.10. The predicted molar refractivity (Wildman–Crippen MR) is 87.4 cm³/mol. The zero-order valence-electron chi connectivity index (χ0n) is 13.4. The summed E-state index contributed by atoms with van der Waals surface area (Å²) in [5.41, 5.74) is 1.22. The average molecular weight is 301 g/mol. The first-order valence-electron chi connectivity index (χ1n) is 8.73. The number of carbonyl (C=O) groups is 1. The fourth-order valence-corrected chi connectivity index (χ4v) is 3.75. The first-order valence-corrected chi connectivity index (χ1v) is 8.73. The Labute approximate surface area is 133 Å². The van der Waals surface area contributed by atoms with E-state index in [9.17, 15) is 4.79 Å². The van der Waals surface area contributed by atoms with Crippen LogP contribution in [0.15, 0.2) is 30.3 Å². The molecule has 0 aromatic heterocycles. The van der Waals surface area contributed by atoms with Gasteiger partial charge in [0, 0.05) is 19.0 Å². The minimum atomic E-state index is 0.309. The maximum atomic E-state index is 12.5. The van der Waals surface area contributed by atoms with Gasteiger partial charge in [0.1, 0.15) is 0 Å². The van der Waals surface area contributed by atoms with E-state index >= 15 is 0 Å². The van der Waals surface area contributed by atoms with Crippen LogP contribution >= 0.6 is 0 Å². The zero-order chi connectivity index (χ0) is 15.2. The number of likely N-dealkylation sites (tertiary alicyclic amines) is 1. The number of ether oxygens (including phenoxy) is 1. The lowest BCUT2D eigenvalue weighted by atomic mass is 9.97. The number of amides is 1. The summed E-state index contributed by atoms with van der Waals surface area (Å²) >= 11 is 0. The molecule has 0 radical (unpaired) electrons. The molecule has 1 saturated heterocycles. The van der Waals surface area contributed by atoms with Crippen molar-refractivity contribution in [2.75, 3.05) is 19.7 Å². The van der Waals surface area contributed by atoms with Crippen LogP contribution in [-0.4, -0.2) is 30.5 Å². The Morgan fingerprint density at radius 2 is 1.86 bits per heavy atom. The molecule has 1 aromatic carbocycles. The highest BCUT2D eigenvalue weighted by Gasteiger charge is 2.30. The summed E-state index contributed by atoms with van der Waals surface area (Å²) in [6, 6.07) is 10.3. The van der Waals surface area contributed by atoms with E-state index in [1.54, 1.807) is 0 Å². The van der Waals surface area contributed by atoms with Crippen molar-refractivity contribution in [2.24, 2.45) is 11.8 Å². The van der Waals surface area contributed by atoms with Crippen molar-refractivity contribution in [3.8, 4) is 0 Å². The van der Waals surface area contributed by atoms with E-state index in [2.05, 4.69) is 17.0 Å². The Morgan fingerprint density at radius 3 is 2.64 bits per heavy atom. The number of hydrogen-bond acceptors (Lipinski definition) is 2. The molecule has 1 saturated carbocycles. The summed E-state index contributed by atoms with van der Waals surface area (Å²) < 4.78 is 5.87. The van der Waals surface area contributed by atoms with Crippen LogP contribution in [0, 0.1) is 11.8 Å². The maximum absolute atomic E-state index is 12.5. The van der Waals surface area contributed by atoms with E-state index < -0.39 is 0 Å². The maximum Gasteiger partial charge on any atom is 0.225 e. The van der Waals surface area contributed by atoms with Gasteiger partial charge in [-0.2, -0.15) is 0 Å². The number of benzene rings is 1. The first kappa shape index (κ1) is 15.5. The molecule has 1 atom stereocenters. The fraction of sp³-hybridized carbons (Fsp3) is 0.632. The van der Waals surface area contributed by atoms with Crippen molar-refractivity contribution in [3.05, 3.63) is 35.9 Å². The Morgan fingerprint density at radius 1 is 1.09 bits per heavy atom. The largest absolute Gasteiger partial charge is 0.376 e. The van der Waals surface area contributed by atoms with Gasteiger partial charge in [0.2, 0.25) is 5.91 Å². The molecule has 1 aliphatic carbocycles. The first-order chi connectivity index (χ1) is 10.8. The molecule has 0 N–H and O–H groups in total. The molecular weight excluding hydrogens is 274 g/mol. The van der Waals surface area contributed by atoms with Crippen LogP contribution < -0.4 is 0 Å². The molecule has 3 nitrogen and oxygen atoms in total. The normalized spacial score (nSPS) is 22.9. The van der Waals surface area contributed by atoms with E-state index in [1.165, 1.54) is 24.8 Å². The highest BCUT2D eigenvalue weighted by molar-refractivity contribution is 5.79. The van der Waals surface area contributed by atoms with Crippen molar-refractivity contribution in [1.82, 2.24) is 4.90 Å². The number of nitrogens with zero attached hydrogens (tertiary/aromatic N) is 1. The SMILES string of the molecule is O=C(C1CCCC1)N1CCCC(COCc2ccccc2)C1. The predicted octanol–water partition coefficient (Wildman–Crippen LogP) is 3.63. The summed E-state index contributed by atoms with van der Waals surface area (Å²) in [7, 11) is 0. The zero-order valence-corrected chi connectivity index (χ0v) is 13.4. The van der Waals surface area contributed by atoms with Crippen LogP contribution in [0.25, 0.3) is 0 Å². The summed E-state index contributed by atoms with van der Waals surface area (Å²) in [6.07, 6.45) is 6.97. The van der Waals surface area contributed by atoms with E-state index in [-0.39, 0.29) is 0 Å². The highest BCUT2D eigenvalue weighted by Crippen LogP contribution is 2.28. The molecule has 2 aliphatic rings. The topological polar surface area (TPSA) is 29.5 Å². The number of carbonyl (C=O) groups excluding carboxylic acids is 1. The molecule has 120 valence electrons. The van der Waals surface area contributed by atoms with E-state index in [0.29, 0.717) is 24.3 Å². The second-order valence-electron chi connectivity index (χ2n) is 6.77. The smallest absolute Gasteiger partial charge is 0.225 e. The average Bonchev–Trinajstić information content (AvgIpc) is 3.10. The van der Waals surface area contributed by atoms with Crippen LogP contribution in [0.1, 0.15) is 44.1 Å². The van der Waals surface area contributed by atoms with Crippen molar-refractivity contribution in [3.63, 3.8) is 0 Å². The van der Waals surface area contributed by atoms with Gasteiger partial charge in [-0.05, 0) is 37.2 Å². The van der Waals surface area contributed by atoms with Gasteiger partial charge in [0.05, 0.1) is 13.2 Å². The lowest BCUT2D eigenvalue weighted by molar-refractivity contribution is -0.137. The molecule has 0 spiro atoms. The van der Waals surface area contributed by atoms with Crippen molar-refractivity contribution < 1.29 is 9.53 Å². The molecule has 3 rings (SSSR count). The summed E-state index contributed by atoms with van der Waals surface area (Å²) in [4.78, 5) is 14.6. The minimum Gasteiger partial charge on any atom is -0.376 e. The van der Waals surface area contributed by atoms with Gasteiger partial charge < -0.3 is 9.64 Å². The summed E-state index contributed by atoms with van der Waals surface area (Å²) in [5.74, 6) is 1.22. The Hall–Kier alpha value is -1.35. The van der Waals surface area contributed by atoms with Crippen LogP contribution in [0.5, 0.6) is 0 Å². The molecule has 3 heteroatoms. The van der Waals surface area contributed by atoms with Crippen LogP contribution in [0.4, 0.5) is 0 Å². The second-order valence-corrected chi connectivity index (χ2v) is 6.77.